The Bertz CT molecular complexity index is 827. The van der Waals surface area contributed by atoms with Crippen LogP contribution in [-0.2, 0) is 6.54 Å². The Kier molecular flexibility index (Phi) is 4.68. The van der Waals surface area contributed by atoms with Crippen molar-refractivity contribution in [3.05, 3.63) is 35.0 Å². The van der Waals surface area contributed by atoms with Crippen molar-refractivity contribution in [1.82, 2.24) is 19.5 Å². The van der Waals surface area contributed by atoms with E-state index in [1.54, 1.807) is 7.11 Å². The van der Waals surface area contributed by atoms with E-state index < -0.39 is 0 Å². The molecule has 2 aromatic heterocycles. The summed E-state index contributed by atoms with van der Waals surface area (Å²) in [6.07, 6.45) is 4.24. The summed E-state index contributed by atoms with van der Waals surface area (Å²) >= 11 is 11.8. The first-order valence-electron chi connectivity index (χ1n) is 7.36. The summed E-state index contributed by atoms with van der Waals surface area (Å²) in [5.74, 6) is 1.24. The smallest absolute Gasteiger partial charge is 0.227 e. The number of methoxy groups -OCH3 is 1. The standard InChI is InChI=1S/C16H16Cl2N4O/c1-3-4-7-22-9-12(14-19-15(17)21-16(18)20-14)11-8-10(23-2)5-6-13(11)22/h5-6,8-9H,3-4,7H2,1-2H3. The number of benzene rings is 1. The molecule has 7 heteroatoms. The highest BCUT2D eigenvalue weighted by Crippen LogP contribution is 2.32. The molecule has 0 spiro atoms. The SMILES string of the molecule is CCCCn1cc(-c2nc(Cl)nc(Cl)n2)c2cc(OC)ccc21. The summed E-state index contributed by atoms with van der Waals surface area (Å²) in [5, 5.41) is 1.16. The van der Waals surface area contributed by atoms with Gasteiger partial charge >= 0.3 is 0 Å². The van der Waals surface area contributed by atoms with Crippen molar-refractivity contribution in [3.8, 4) is 17.1 Å². The molecule has 120 valence electrons. The molecule has 0 atom stereocenters. The van der Waals surface area contributed by atoms with Crippen LogP contribution in [0.1, 0.15) is 19.8 Å². The second-order valence-corrected chi connectivity index (χ2v) is 5.85. The monoisotopic (exact) mass is 350 g/mol. The van der Waals surface area contributed by atoms with E-state index in [9.17, 15) is 0 Å². The fourth-order valence-corrected chi connectivity index (χ4v) is 2.90. The molecule has 0 N–H and O–H groups in total. The molecule has 23 heavy (non-hydrogen) atoms. The van der Waals surface area contributed by atoms with Crippen molar-refractivity contribution in [1.29, 1.82) is 0 Å². The van der Waals surface area contributed by atoms with Crippen LogP contribution in [-0.4, -0.2) is 26.6 Å². The van der Waals surface area contributed by atoms with E-state index in [4.69, 9.17) is 27.9 Å². The highest BCUT2D eigenvalue weighted by atomic mass is 35.5. The lowest BCUT2D eigenvalue weighted by molar-refractivity contribution is 0.415. The van der Waals surface area contributed by atoms with Crippen LogP contribution in [0.2, 0.25) is 10.6 Å². The first-order chi connectivity index (χ1) is 11.1. The number of nitrogens with zero attached hydrogens (tertiary/aromatic N) is 4. The molecule has 0 saturated carbocycles. The van der Waals surface area contributed by atoms with E-state index in [1.165, 1.54) is 0 Å². The zero-order valence-corrected chi connectivity index (χ0v) is 14.4. The molecule has 3 rings (SSSR count). The van der Waals surface area contributed by atoms with Crippen molar-refractivity contribution < 1.29 is 4.74 Å². The number of aryl methyl sites for hydroxylation is 1. The van der Waals surface area contributed by atoms with Gasteiger partial charge in [0, 0.05) is 29.2 Å². The molecular formula is C16H16Cl2N4O. The van der Waals surface area contributed by atoms with Gasteiger partial charge in [-0.1, -0.05) is 13.3 Å². The number of rotatable bonds is 5. The summed E-state index contributed by atoms with van der Waals surface area (Å²) in [6.45, 7) is 3.09. The Labute approximate surface area is 144 Å². The predicted octanol–water partition coefficient (Wildman–Crippen LogP) is 4.61. The first-order valence-corrected chi connectivity index (χ1v) is 8.12. The van der Waals surface area contributed by atoms with Gasteiger partial charge in [0.1, 0.15) is 5.75 Å². The lowest BCUT2D eigenvalue weighted by Crippen LogP contribution is -1.95. The van der Waals surface area contributed by atoms with Gasteiger partial charge < -0.3 is 9.30 Å². The molecule has 1 aromatic carbocycles. The van der Waals surface area contributed by atoms with E-state index in [0.29, 0.717) is 5.82 Å². The molecule has 0 aliphatic carbocycles. The second kappa shape index (κ2) is 6.72. The van der Waals surface area contributed by atoms with Crippen LogP contribution in [0.25, 0.3) is 22.3 Å². The number of unbranched alkanes of at least 4 members (excludes halogenated alkanes) is 1. The molecule has 0 saturated heterocycles. The number of fused-ring (bicyclic) bond motifs is 1. The minimum atomic E-state index is 0.0809. The number of ether oxygens (including phenoxy) is 1. The molecule has 5 nitrogen and oxygen atoms in total. The fourth-order valence-electron chi connectivity index (χ4n) is 2.54. The number of aromatic nitrogens is 4. The molecule has 0 fully saturated rings. The van der Waals surface area contributed by atoms with E-state index in [2.05, 4.69) is 26.4 Å². The van der Waals surface area contributed by atoms with Gasteiger partial charge in [0.05, 0.1) is 7.11 Å². The van der Waals surface area contributed by atoms with E-state index in [-0.39, 0.29) is 10.6 Å². The Hall–Kier alpha value is -1.85. The molecule has 0 radical (unpaired) electrons. The highest BCUT2D eigenvalue weighted by Gasteiger charge is 2.15. The van der Waals surface area contributed by atoms with E-state index in [0.717, 1.165) is 41.6 Å². The van der Waals surface area contributed by atoms with Crippen molar-refractivity contribution in [3.63, 3.8) is 0 Å². The zero-order chi connectivity index (χ0) is 16.4. The van der Waals surface area contributed by atoms with Crippen molar-refractivity contribution in [2.24, 2.45) is 0 Å². The van der Waals surface area contributed by atoms with Gasteiger partial charge in [-0.15, -0.1) is 0 Å². The second-order valence-electron chi connectivity index (χ2n) is 5.17. The Morgan fingerprint density at radius 3 is 2.52 bits per heavy atom. The van der Waals surface area contributed by atoms with Gasteiger partial charge in [0.2, 0.25) is 10.6 Å². The lowest BCUT2D eigenvalue weighted by atomic mass is 10.1. The molecular weight excluding hydrogens is 335 g/mol. The van der Waals surface area contributed by atoms with Crippen LogP contribution in [0, 0.1) is 0 Å². The van der Waals surface area contributed by atoms with Gasteiger partial charge in [0.25, 0.3) is 0 Å². The van der Waals surface area contributed by atoms with Crippen LogP contribution in [0.15, 0.2) is 24.4 Å². The summed E-state index contributed by atoms with van der Waals surface area (Å²) in [4.78, 5) is 12.2. The quantitative estimate of drug-likeness (QED) is 0.674. The largest absolute Gasteiger partial charge is 0.497 e. The molecule has 0 bridgehead atoms. The summed E-state index contributed by atoms with van der Waals surface area (Å²) in [7, 11) is 1.64. The zero-order valence-electron chi connectivity index (χ0n) is 12.9. The van der Waals surface area contributed by atoms with Gasteiger partial charge in [-0.25, -0.2) is 0 Å². The molecule has 0 amide bonds. The minimum absolute atomic E-state index is 0.0809. The van der Waals surface area contributed by atoms with Gasteiger partial charge in [-0.3, -0.25) is 0 Å². The third-order valence-corrected chi connectivity index (χ3v) is 4.00. The normalized spacial score (nSPS) is 11.1. The number of halogens is 2. The topological polar surface area (TPSA) is 52.8 Å². The third-order valence-electron chi connectivity index (χ3n) is 3.66. The van der Waals surface area contributed by atoms with Gasteiger partial charge in [-0.2, -0.15) is 15.0 Å². The van der Waals surface area contributed by atoms with E-state index >= 15 is 0 Å². The molecule has 0 aliphatic heterocycles. The molecule has 2 heterocycles. The van der Waals surface area contributed by atoms with Crippen molar-refractivity contribution >= 4 is 34.1 Å². The average molecular weight is 351 g/mol. The summed E-state index contributed by atoms with van der Waals surface area (Å²) < 4.78 is 7.53. The Morgan fingerprint density at radius 2 is 1.87 bits per heavy atom. The van der Waals surface area contributed by atoms with Crippen LogP contribution in [0.5, 0.6) is 5.75 Å². The molecule has 0 unspecified atom stereocenters. The van der Waals surface area contributed by atoms with Crippen molar-refractivity contribution in [2.75, 3.05) is 7.11 Å². The van der Waals surface area contributed by atoms with Crippen molar-refractivity contribution in [2.45, 2.75) is 26.3 Å². The lowest BCUT2D eigenvalue weighted by Gasteiger charge is -2.04. The van der Waals surface area contributed by atoms with Gasteiger partial charge in [-0.05, 0) is 47.8 Å². The Balaban J connectivity index is 2.21. The van der Waals surface area contributed by atoms with Gasteiger partial charge in [0.15, 0.2) is 5.82 Å². The minimum Gasteiger partial charge on any atom is -0.497 e. The van der Waals surface area contributed by atoms with Crippen LogP contribution < -0.4 is 4.74 Å². The maximum Gasteiger partial charge on any atom is 0.227 e. The number of hydrogen-bond donors (Lipinski definition) is 0. The molecule has 3 aromatic rings. The third kappa shape index (κ3) is 3.26. The molecule has 0 aliphatic rings. The average Bonchev–Trinajstić information content (AvgIpc) is 2.89. The summed E-state index contributed by atoms with van der Waals surface area (Å²) in [6, 6.07) is 5.96. The number of hydrogen-bond acceptors (Lipinski definition) is 4. The van der Waals surface area contributed by atoms with E-state index in [1.807, 2.05) is 24.4 Å². The van der Waals surface area contributed by atoms with Crippen LogP contribution in [0.3, 0.4) is 0 Å². The Morgan fingerprint density at radius 1 is 1.13 bits per heavy atom. The predicted molar refractivity (Wildman–Crippen MR) is 92.2 cm³/mol. The maximum atomic E-state index is 5.92. The highest BCUT2D eigenvalue weighted by molar-refractivity contribution is 6.31. The first kappa shape index (κ1) is 16.0. The van der Waals surface area contributed by atoms with Crippen LogP contribution in [0.4, 0.5) is 0 Å². The summed E-state index contributed by atoms with van der Waals surface area (Å²) in [5.41, 5.74) is 1.96. The fraction of sp³-hybridized carbons (Fsp3) is 0.312. The maximum absolute atomic E-state index is 5.92. The van der Waals surface area contributed by atoms with Crippen LogP contribution >= 0.6 is 23.2 Å².